The summed E-state index contributed by atoms with van der Waals surface area (Å²) in [5, 5.41) is 3.62. The summed E-state index contributed by atoms with van der Waals surface area (Å²) in [6.45, 7) is 2.16. The molecule has 16 heavy (non-hydrogen) atoms. The number of amidine groups is 1. The van der Waals surface area contributed by atoms with Gasteiger partial charge in [-0.25, -0.2) is 0 Å². The highest BCUT2D eigenvalue weighted by atomic mass is 15.0. The lowest BCUT2D eigenvalue weighted by molar-refractivity contribution is 0.408. The zero-order valence-electron chi connectivity index (χ0n) is 10.7. The van der Waals surface area contributed by atoms with Crippen LogP contribution in [0.3, 0.4) is 0 Å². The van der Waals surface area contributed by atoms with Crippen LogP contribution in [0.1, 0.15) is 71.1 Å². The number of aliphatic imine (C=N–C) groups is 1. The molecule has 2 heteroatoms. The van der Waals surface area contributed by atoms with Crippen molar-refractivity contribution in [2.45, 2.75) is 83.2 Å². The van der Waals surface area contributed by atoms with E-state index in [0.717, 1.165) is 0 Å². The Balaban J connectivity index is 1.76. The second kappa shape index (κ2) is 6.27. The predicted octanol–water partition coefficient (Wildman–Crippen LogP) is 3.66. The van der Waals surface area contributed by atoms with Gasteiger partial charge in [-0.2, -0.15) is 0 Å². The van der Waals surface area contributed by atoms with Crippen LogP contribution in [0.2, 0.25) is 0 Å². The van der Waals surface area contributed by atoms with Crippen molar-refractivity contribution in [1.29, 1.82) is 0 Å². The van der Waals surface area contributed by atoms with Gasteiger partial charge in [0.05, 0.1) is 11.9 Å². The molecule has 0 aromatic heterocycles. The van der Waals surface area contributed by atoms with Gasteiger partial charge in [-0.1, -0.05) is 38.5 Å². The molecule has 0 heterocycles. The van der Waals surface area contributed by atoms with Crippen LogP contribution in [-0.2, 0) is 0 Å². The van der Waals surface area contributed by atoms with E-state index in [0.29, 0.717) is 12.1 Å². The van der Waals surface area contributed by atoms with Crippen LogP contribution in [0, 0.1) is 0 Å². The first-order valence-corrected chi connectivity index (χ1v) is 7.15. The predicted molar refractivity (Wildman–Crippen MR) is 70.0 cm³/mol. The first-order valence-electron chi connectivity index (χ1n) is 7.15. The van der Waals surface area contributed by atoms with E-state index in [1.165, 1.54) is 70.0 Å². The molecule has 2 rings (SSSR count). The van der Waals surface area contributed by atoms with E-state index in [1.54, 1.807) is 0 Å². The van der Waals surface area contributed by atoms with E-state index in [4.69, 9.17) is 4.99 Å². The van der Waals surface area contributed by atoms with Crippen LogP contribution in [0.25, 0.3) is 0 Å². The van der Waals surface area contributed by atoms with Gasteiger partial charge in [0, 0.05) is 6.04 Å². The molecule has 0 atom stereocenters. The summed E-state index contributed by atoms with van der Waals surface area (Å²) in [5.41, 5.74) is 0. The van der Waals surface area contributed by atoms with Crippen molar-refractivity contribution in [2.75, 3.05) is 0 Å². The number of nitrogens with zero attached hydrogens (tertiary/aromatic N) is 1. The van der Waals surface area contributed by atoms with Crippen molar-refractivity contribution in [3.8, 4) is 0 Å². The van der Waals surface area contributed by atoms with Gasteiger partial charge in [0.15, 0.2) is 0 Å². The van der Waals surface area contributed by atoms with Crippen LogP contribution < -0.4 is 5.32 Å². The molecule has 0 spiro atoms. The van der Waals surface area contributed by atoms with E-state index >= 15 is 0 Å². The van der Waals surface area contributed by atoms with Gasteiger partial charge in [0.2, 0.25) is 0 Å². The Morgan fingerprint density at radius 1 is 0.875 bits per heavy atom. The average molecular weight is 222 g/mol. The van der Waals surface area contributed by atoms with Gasteiger partial charge >= 0.3 is 0 Å². The van der Waals surface area contributed by atoms with Gasteiger partial charge in [-0.3, -0.25) is 4.99 Å². The van der Waals surface area contributed by atoms with Gasteiger partial charge in [0.1, 0.15) is 0 Å². The minimum Gasteiger partial charge on any atom is -0.371 e. The molecule has 0 aromatic carbocycles. The minimum atomic E-state index is 0.616. The van der Waals surface area contributed by atoms with Crippen molar-refractivity contribution in [3.05, 3.63) is 0 Å². The zero-order chi connectivity index (χ0) is 11.2. The highest BCUT2D eigenvalue weighted by Gasteiger charge is 2.15. The molecule has 0 radical (unpaired) electrons. The van der Waals surface area contributed by atoms with Crippen molar-refractivity contribution < 1.29 is 0 Å². The summed E-state index contributed by atoms with van der Waals surface area (Å²) in [6.07, 6.45) is 13.7. The third-order valence-corrected chi connectivity index (χ3v) is 3.97. The maximum absolute atomic E-state index is 4.84. The van der Waals surface area contributed by atoms with Crippen LogP contribution in [0.15, 0.2) is 4.99 Å². The molecular weight excluding hydrogens is 196 g/mol. The highest BCUT2D eigenvalue weighted by Crippen LogP contribution is 2.21. The third-order valence-electron chi connectivity index (χ3n) is 3.97. The summed E-state index contributed by atoms with van der Waals surface area (Å²) in [6, 6.07) is 1.32. The Morgan fingerprint density at radius 2 is 1.44 bits per heavy atom. The lowest BCUT2D eigenvalue weighted by Crippen LogP contribution is -2.35. The Bertz CT molecular complexity index is 223. The molecule has 2 aliphatic rings. The van der Waals surface area contributed by atoms with E-state index in [9.17, 15) is 0 Å². The minimum absolute atomic E-state index is 0.616. The third kappa shape index (κ3) is 3.80. The lowest BCUT2D eigenvalue weighted by Gasteiger charge is -2.25. The first-order chi connectivity index (χ1) is 7.84. The lowest BCUT2D eigenvalue weighted by atomic mass is 9.95. The van der Waals surface area contributed by atoms with E-state index in [-0.39, 0.29) is 0 Å². The Morgan fingerprint density at radius 3 is 2.06 bits per heavy atom. The molecule has 2 fully saturated rings. The van der Waals surface area contributed by atoms with Gasteiger partial charge in [-0.15, -0.1) is 0 Å². The zero-order valence-corrected chi connectivity index (χ0v) is 10.7. The molecule has 2 aliphatic carbocycles. The standard InChI is InChI=1S/C14H26N2/c1-12(15-13-8-4-2-5-9-13)16-14-10-6-3-7-11-14/h13-14H,2-11H2,1H3,(H,15,16). The molecular formula is C14H26N2. The van der Waals surface area contributed by atoms with Crippen molar-refractivity contribution in [1.82, 2.24) is 5.32 Å². The van der Waals surface area contributed by atoms with Crippen LogP contribution in [-0.4, -0.2) is 17.9 Å². The Hall–Kier alpha value is -0.530. The summed E-state index contributed by atoms with van der Waals surface area (Å²) in [7, 11) is 0. The van der Waals surface area contributed by atoms with Gasteiger partial charge < -0.3 is 5.32 Å². The number of hydrogen-bond acceptors (Lipinski definition) is 1. The van der Waals surface area contributed by atoms with Gasteiger partial charge in [0.25, 0.3) is 0 Å². The molecule has 0 saturated heterocycles. The van der Waals surface area contributed by atoms with E-state index < -0.39 is 0 Å². The largest absolute Gasteiger partial charge is 0.371 e. The Labute approximate surface area is 99.9 Å². The molecule has 0 bridgehead atoms. The molecule has 2 saturated carbocycles. The quantitative estimate of drug-likeness (QED) is 0.559. The first kappa shape index (κ1) is 11.9. The molecule has 0 amide bonds. The molecule has 0 aromatic rings. The number of rotatable bonds is 2. The van der Waals surface area contributed by atoms with Crippen LogP contribution >= 0.6 is 0 Å². The number of hydrogen-bond donors (Lipinski definition) is 1. The summed E-state index contributed by atoms with van der Waals surface area (Å²) >= 11 is 0. The topological polar surface area (TPSA) is 24.4 Å². The maximum Gasteiger partial charge on any atom is 0.0937 e. The number of nitrogens with one attached hydrogen (secondary N) is 1. The van der Waals surface area contributed by atoms with Crippen molar-refractivity contribution in [3.63, 3.8) is 0 Å². The van der Waals surface area contributed by atoms with E-state index in [2.05, 4.69) is 12.2 Å². The highest BCUT2D eigenvalue weighted by molar-refractivity contribution is 5.80. The van der Waals surface area contributed by atoms with Crippen LogP contribution in [0.5, 0.6) is 0 Å². The summed E-state index contributed by atoms with van der Waals surface area (Å²) < 4.78 is 0. The fourth-order valence-corrected chi connectivity index (χ4v) is 3.06. The summed E-state index contributed by atoms with van der Waals surface area (Å²) in [4.78, 5) is 4.84. The summed E-state index contributed by atoms with van der Waals surface area (Å²) in [5.74, 6) is 1.19. The van der Waals surface area contributed by atoms with Crippen molar-refractivity contribution in [2.24, 2.45) is 4.99 Å². The Kier molecular flexibility index (Phi) is 4.68. The average Bonchev–Trinajstić information content (AvgIpc) is 2.31. The maximum atomic E-state index is 4.84. The van der Waals surface area contributed by atoms with Crippen molar-refractivity contribution >= 4 is 5.84 Å². The molecule has 1 N–H and O–H groups in total. The second-order valence-corrected chi connectivity index (χ2v) is 5.49. The second-order valence-electron chi connectivity index (χ2n) is 5.49. The smallest absolute Gasteiger partial charge is 0.0937 e. The van der Waals surface area contributed by atoms with E-state index in [1.807, 2.05) is 0 Å². The van der Waals surface area contributed by atoms with Crippen LogP contribution in [0.4, 0.5) is 0 Å². The molecule has 0 aliphatic heterocycles. The monoisotopic (exact) mass is 222 g/mol. The SMILES string of the molecule is CC(=NC1CCCCC1)NC1CCCCC1. The molecule has 0 unspecified atom stereocenters. The normalized spacial score (nSPS) is 25.7. The molecule has 92 valence electrons. The fraction of sp³-hybridized carbons (Fsp3) is 0.929. The van der Waals surface area contributed by atoms with Gasteiger partial charge in [-0.05, 0) is 32.6 Å². The fourth-order valence-electron chi connectivity index (χ4n) is 3.06. The molecule has 2 nitrogen and oxygen atoms in total.